The van der Waals surface area contributed by atoms with E-state index in [1.54, 1.807) is 48.5 Å². The van der Waals surface area contributed by atoms with E-state index in [0.717, 1.165) is 0 Å². The molecule has 25 heavy (non-hydrogen) atoms. The Balaban J connectivity index is 1.85. The van der Waals surface area contributed by atoms with Crippen LogP contribution in [0, 0.1) is 11.3 Å². The lowest BCUT2D eigenvalue weighted by Crippen LogP contribution is -2.36. The highest BCUT2D eigenvalue weighted by Crippen LogP contribution is 2.14. The van der Waals surface area contributed by atoms with E-state index in [1.807, 2.05) is 18.2 Å². The summed E-state index contributed by atoms with van der Waals surface area (Å²) >= 11 is 0. The summed E-state index contributed by atoms with van der Waals surface area (Å²) in [6, 6.07) is 19.8. The lowest BCUT2D eigenvalue weighted by Gasteiger charge is -2.21. The number of carbonyl (C=O) groups is 2. The predicted molar refractivity (Wildman–Crippen MR) is 91.9 cm³/mol. The standard InChI is InChI=1S/C19H18N2O4/c20-12-7-13-21(16-8-3-1-4-9-16)18(22)14-25-19(23)15-24-17-10-5-2-6-11-17/h1-6,8-11H,7,13-15H2. The third-order valence-electron chi connectivity index (χ3n) is 3.27. The Morgan fingerprint density at radius 3 is 2.24 bits per heavy atom. The fraction of sp³-hybridized carbons (Fsp3) is 0.211. The minimum atomic E-state index is -0.634. The molecule has 6 heteroatoms. The summed E-state index contributed by atoms with van der Waals surface area (Å²) in [4.78, 5) is 25.5. The third kappa shape index (κ3) is 5.99. The van der Waals surface area contributed by atoms with Gasteiger partial charge < -0.3 is 14.4 Å². The Morgan fingerprint density at radius 1 is 0.960 bits per heavy atom. The number of esters is 1. The van der Waals surface area contributed by atoms with Gasteiger partial charge in [0.25, 0.3) is 5.91 Å². The zero-order valence-electron chi connectivity index (χ0n) is 13.6. The molecule has 2 rings (SSSR count). The van der Waals surface area contributed by atoms with Gasteiger partial charge in [0.1, 0.15) is 5.75 Å². The quantitative estimate of drug-likeness (QED) is 0.691. The van der Waals surface area contributed by atoms with Crippen molar-refractivity contribution in [2.24, 2.45) is 0 Å². The number of hydrogen-bond acceptors (Lipinski definition) is 5. The summed E-state index contributed by atoms with van der Waals surface area (Å²) in [5.74, 6) is -0.481. The van der Waals surface area contributed by atoms with E-state index in [9.17, 15) is 9.59 Å². The summed E-state index contributed by atoms with van der Waals surface area (Å²) in [6.45, 7) is -0.449. The molecule has 128 valence electrons. The van der Waals surface area contributed by atoms with Crippen LogP contribution in [0.2, 0.25) is 0 Å². The Hall–Kier alpha value is -3.33. The van der Waals surface area contributed by atoms with E-state index in [1.165, 1.54) is 4.90 Å². The maximum absolute atomic E-state index is 12.3. The lowest BCUT2D eigenvalue weighted by atomic mass is 10.2. The number of anilines is 1. The number of rotatable bonds is 8. The molecule has 0 heterocycles. The zero-order valence-corrected chi connectivity index (χ0v) is 13.6. The van der Waals surface area contributed by atoms with Gasteiger partial charge in [-0.1, -0.05) is 36.4 Å². The first-order chi connectivity index (χ1) is 12.2. The average molecular weight is 338 g/mol. The minimum absolute atomic E-state index is 0.186. The SMILES string of the molecule is N#CCCN(C(=O)COC(=O)COc1ccccc1)c1ccccc1. The van der Waals surface area contributed by atoms with Crippen LogP contribution >= 0.6 is 0 Å². The first-order valence-electron chi connectivity index (χ1n) is 7.76. The lowest BCUT2D eigenvalue weighted by molar-refractivity contribution is -0.149. The van der Waals surface area contributed by atoms with Gasteiger partial charge in [-0.25, -0.2) is 4.79 Å². The van der Waals surface area contributed by atoms with E-state index in [-0.39, 0.29) is 19.6 Å². The van der Waals surface area contributed by atoms with Gasteiger partial charge in [-0.3, -0.25) is 4.79 Å². The van der Waals surface area contributed by atoms with E-state index < -0.39 is 18.5 Å². The van der Waals surface area contributed by atoms with Gasteiger partial charge in [-0.05, 0) is 24.3 Å². The van der Waals surface area contributed by atoms with Crippen LogP contribution in [0.1, 0.15) is 6.42 Å². The summed E-state index contributed by atoms with van der Waals surface area (Å²) in [5, 5.41) is 8.75. The van der Waals surface area contributed by atoms with Gasteiger partial charge >= 0.3 is 5.97 Å². The van der Waals surface area contributed by atoms with Crippen molar-refractivity contribution in [3.63, 3.8) is 0 Å². The second kappa shape index (κ2) is 9.73. The number of para-hydroxylation sites is 2. The summed E-state index contributed by atoms with van der Waals surface area (Å²) in [5.41, 5.74) is 0.652. The largest absolute Gasteiger partial charge is 0.482 e. The molecule has 2 aromatic rings. The van der Waals surface area contributed by atoms with Crippen LogP contribution in [0.3, 0.4) is 0 Å². The van der Waals surface area contributed by atoms with Gasteiger partial charge in [-0.15, -0.1) is 0 Å². The number of amides is 1. The van der Waals surface area contributed by atoms with Crippen LogP contribution in [0.5, 0.6) is 5.75 Å². The van der Waals surface area contributed by atoms with Crippen molar-refractivity contribution in [3.8, 4) is 11.8 Å². The van der Waals surface area contributed by atoms with Crippen LogP contribution in [-0.4, -0.2) is 31.6 Å². The molecule has 0 atom stereocenters. The van der Waals surface area contributed by atoms with Crippen LogP contribution in [0.25, 0.3) is 0 Å². The van der Waals surface area contributed by atoms with Crippen LogP contribution in [0.4, 0.5) is 5.69 Å². The normalized spacial score (nSPS) is 9.72. The Morgan fingerprint density at radius 2 is 1.60 bits per heavy atom. The van der Waals surface area contributed by atoms with Crippen LogP contribution in [0.15, 0.2) is 60.7 Å². The van der Waals surface area contributed by atoms with Crippen molar-refractivity contribution in [3.05, 3.63) is 60.7 Å². The smallest absolute Gasteiger partial charge is 0.344 e. The number of nitriles is 1. The molecule has 6 nitrogen and oxygen atoms in total. The molecular formula is C19H18N2O4. The second-order valence-corrected chi connectivity index (χ2v) is 5.05. The van der Waals surface area contributed by atoms with Crippen molar-refractivity contribution < 1.29 is 19.1 Å². The third-order valence-corrected chi connectivity index (χ3v) is 3.27. The van der Waals surface area contributed by atoms with E-state index in [2.05, 4.69) is 0 Å². The summed E-state index contributed by atoms with van der Waals surface area (Å²) < 4.78 is 10.2. The fourth-order valence-electron chi connectivity index (χ4n) is 2.09. The highest BCUT2D eigenvalue weighted by molar-refractivity contribution is 5.95. The summed E-state index contributed by atoms with van der Waals surface area (Å²) in [7, 11) is 0. The molecule has 0 aliphatic rings. The van der Waals surface area contributed by atoms with Crippen molar-refractivity contribution in [1.29, 1.82) is 5.26 Å². The Kier molecular flexibility index (Phi) is 7.01. The molecule has 0 fully saturated rings. The van der Waals surface area contributed by atoms with Crippen LogP contribution < -0.4 is 9.64 Å². The molecule has 0 N–H and O–H groups in total. The molecule has 1 amide bonds. The minimum Gasteiger partial charge on any atom is -0.482 e. The molecule has 0 radical (unpaired) electrons. The van der Waals surface area contributed by atoms with E-state index >= 15 is 0 Å². The molecule has 0 aliphatic heterocycles. The van der Waals surface area contributed by atoms with E-state index in [0.29, 0.717) is 11.4 Å². The molecule has 0 saturated heterocycles. The van der Waals surface area contributed by atoms with Crippen molar-refractivity contribution in [1.82, 2.24) is 0 Å². The Labute approximate surface area is 146 Å². The molecule has 0 aliphatic carbocycles. The van der Waals surface area contributed by atoms with Gasteiger partial charge in [0.15, 0.2) is 13.2 Å². The molecule has 0 aromatic heterocycles. The average Bonchev–Trinajstić information content (AvgIpc) is 2.66. The highest BCUT2D eigenvalue weighted by Gasteiger charge is 2.17. The summed E-state index contributed by atoms with van der Waals surface area (Å²) in [6.07, 6.45) is 0.186. The van der Waals surface area contributed by atoms with Gasteiger partial charge in [-0.2, -0.15) is 5.26 Å². The monoisotopic (exact) mass is 338 g/mol. The van der Waals surface area contributed by atoms with Gasteiger partial charge in [0.2, 0.25) is 0 Å². The molecular weight excluding hydrogens is 320 g/mol. The first kappa shape index (κ1) is 18.0. The number of hydrogen-bond donors (Lipinski definition) is 0. The van der Waals surface area contributed by atoms with Crippen molar-refractivity contribution in [2.45, 2.75) is 6.42 Å². The topological polar surface area (TPSA) is 79.6 Å². The fourth-order valence-corrected chi connectivity index (χ4v) is 2.09. The number of ether oxygens (including phenoxy) is 2. The first-order valence-corrected chi connectivity index (χ1v) is 7.76. The van der Waals surface area contributed by atoms with Crippen LogP contribution in [-0.2, 0) is 14.3 Å². The highest BCUT2D eigenvalue weighted by atomic mass is 16.6. The van der Waals surface area contributed by atoms with Crippen molar-refractivity contribution in [2.75, 3.05) is 24.7 Å². The van der Waals surface area contributed by atoms with Gasteiger partial charge in [0, 0.05) is 12.2 Å². The molecule has 0 unspecified atom stereocenters. The zero-order chi connectivity index (χ0) is 17.9. The number of benzene rings is 2. The van der Waals surface area contributed by atoms with Gasteiger partial charge in [0.05, 0.1) is 12.5 Å². The predicted octanol–water partition coefficient (Wildman–Crippen LogP) is 2.56. The number of nitrogens with zero attached hydrogens (tertiary/aromatic N) is 2. The molecule has 0 spiro atoms. The number of carbonyl (C=O) groups excluding carboxylic acids is 2. The maximum Gasteiger partial charge on any atom is 0.344 e. The molecule has 0 saturated carbocycles. The second-order valence-electron chi connectivity index (χ2n) is 5.05. The maximum atomic E-state index is 12.3. The van der Waals surface area contributed by atoms with E-state index in [4.69, 9.17) is 14.7 Å². The Bertz CT molecular complexity index is 726. The molecule has 0 bridgehead atoms. The molecule has 2 aromatic carbocycles. The van der Waals surface area contributed by atoms with Crippen molar-refractivity contribution >= 4 is 17.6 Å².